The van der Waals surface area contributed by atoms with E-state index in [0.717, 1.165) is 29.7 Å². The number of carbonyl (C=O) groups excluding carboxylic acids is 4. The average Bonchev–Trinajstić information content (AvgIpc) is 3.04. The molecule has 1 aliphatic heterocycles. The van der Waals surface area contributed by atoms with Gasteiger partial charge in [0, 0.05) is 11.4 Å². The molecule has 4 rings (SSSR count). The Hall–Kier alpha value is -3.88. The lowest BCUT2D eigenvalue weighted by Crippen LogP contribution is -2.49. The van der Waals surface area contributed by atoms with Crippen molar-refractivity contribution in [1.82, 2.24) is 15.5 Å². The van der Waals surface area contributed by atoms with Gasteiger partial charge in [-0.1, -0.05) is 49.6 Å². The van der Waals surface area contributed by atoms with Crippen LogP contribution < -0.4 is 21.3 Å². The maximum absolute atomic E-state index is 12.8. The first-order chi connectivity index (χ1) is 16.4. The number of anilines is 2. The number of nitrogens with zero attached hydrogens (tertiary/aromatic N) is 1. The Kier molecular flexibility index (Phi) is 6.81. The first-order valence-corrected chi connectivity index (χ1v) is 11.5. The third-order valence-electron chi connectivity index (χ3n) is 6.33. The predicted molar refractivity (Wildman–Crippen MR) is 128 cm³/mol. The third kappa shape index (κ3) is 5.19. The van der Waals surface area contributed by atoms with Gasteiger partial charge in [0.05, 0.1) is 6.04 Å². The Morgan fingerprint density at radius 3 is 2.21 bits per heavy atom. The number of para-hydroxylation sites is 1. The topological polar surface area (TPSA) is 120 Å². The molecule has 1 saturated carbocycles. The second-order valence-corrected chi connectivity index (χ2v) is 8.82. The van der Waals surface area contributed by atoms with Crippen LogP contribution in [0.4, 0.5) is 21.0 Å². The van der Waals surface area contributed by atoms with Crippen LogP contribution in [0.2, 0.25) is 0 Å². The normalized spacial score (nSPS) is 17.7. The number of carbonyl (C=O) groups is 4. The summed E-state index contributed by atoms with van der Waals surface area (Å²) in [5, 5.41) is 11.2. The zero-order valence-corrected chi connectivity index (χ0v) is 19.1. The molecule has 1 aliphatic carbocycles. The minimum absolute atomic E-state index is 0.302. The molecule has 2 aromatic rings. The summed E-state index contributed by atoms with van der Waals surface area (Å²) in [6.07, 6.45) is 4.07. The van der Waals surface area contributed by atoms with Crippen LogP contribution in [0.5, 0.6) is 0 Å². The number of hydrogen-bond acceptors (Lipinski definition) is 4. The second-order valence-electron chi connectivity index (χ2n) is 8.82. The maximum atomic E-state index is 12.8. The van der Waals surface area contributed by atoms with Gasteiger partial charge < -0.3 is 21.3 Å². The van der Waals surface area contributed by atoms with Gasteiger partial charge in [0.2, 0.25) is 5.91 Å². The van der Waals surface area contributed by atoms with Crippen molar-refractivity contribution in [1.29, 1.82) is 0 Å². The molecule has 0 radical (unpaired) electrons. The lowest BCUT2D eigenvalue weighted by molar-refractivity contribution is -0.136. The van der Waals surface area contributed by atoms with Crippen molar-refractivity contribution in [2.24, 2.45) is 0 Å². The van der Waals surface area contributed by atoms with Crippen LogP contribution in [-0.2, 0) is 9.59 Å². The summed E-state index contributed by atoms with van der Waals surface area (Å²) in [6.45, 7) is 1.51. The van der Waals surface area contributed by atoms with E-state index in [0.29, 0.717) is 24.2 Å². The Labute approximate surface area is 198 Å². The van der Waals surface area contributed by atoms with Gasteiger partial charge in [0.25, 0.3) is 5.91 Å². The van der Waals surface area contributed by atoms with Crippen LogP contribution in [-0.4, -0.2) is 40.9 Å². The molecule has 1 saturated heterocycles. The Balaban J connectivity index is 1.29. The number of urea groups is 2. The molecule has 1 atom stereocenters. The van der Waals surface area contributed by atoms with Crippen molar-refractivity contribution in [3.8, 4) is 0 Å². The quantitative estimate of drug-likeness (QED) is 0.488. The van der Waals surface area contributed by atoms with Crippen molar-refractivity contribution >= 4 is 35.3 Å². The highest BCUT2D eigenvalue weighted by atomic mass is 16.2. The molecular formula is C25H29N5O4. The van der Waals surface area contributed by atoms with E-state index in [9.17, 15) is 19.2 Å². The molecule has 34 heavy (non-hydrogen) atoms. The summed E-state index contributed by atoms with van der Waals surface area (Å²) in [5.41, 5.74) is 1.28. The van der Waals surface area contributed by atoms with Crippen LogP contribution in [0, 0.1) is 0 Å². The average molecular weight is 464 g/mol. The molecule has 1 unspecified atom stereocenters. The van der Waals surface area contributed by atoms with Gasteiger partial charge in [-0.3, -0.25) is 14.5 Å². The molecule has 2 aromatic carbocycles. The minimum Gasteiger partial charge on any atom is -0.348 e. The van der Waals surface area contributed by atoms with Gasteiger partial charge in [-0.25, -0.2) is 9.59 Å². The summed E-state index contributed by atoms with van der Waals surface area (Å²) in [5.74, 6) is -0.711. The van der Waals surface area contributed by atoms with E-state index in [1.165, 1.54) is 0 Å². The molecule has 9 heteroatoms. The maximum Gasteiger partial charge on any atom is 0.325 e. The van der Waals surface area contributed by atoms with Crippen LogP contribution >= 0.6 is 0 Å². The van der Waals surface area contributed by atoms with Gasteiger partial charge in [-0.2, -0.15) is 0 Å². The lowest BCUT2D eigenvalue weighted by atomic mass is 9.82. The number of nitrogens with one attached hydrogen (secondary N) is 4. The molecular weight excluding hydrogens is 434 g/mol. The monoisotopic (exact) mass is 463 g/mol. The van der Waals surface area contributed by atoms with E-state index < -0.39 is 17.5 Å². The van der Waals surface area contributed by atoms with Crippen LogP contribution in [0.25, 0.3) is 0 Å². The first-order valence-electron chi connectivity index (χ1n) is 11.5. The standard InChI is InChI=1S/C25H29N5O4/c1-17(18-10-12-20(13-11-18)28-23(33)27-19-8-4-2-5-9-19)26-21(31)16-30-22(32)25(29-24(30)34)14-6-3-7-15-25/h2,4-5,8-13,17H,3,6-7,14-16H2,1H3,(H,26,31)(H,29,34)(H2,27,28,33). The highest BCUT2D eigenvalue weighted by Crippen LogP contribution is 2.33. The number of hydrogen-bond donors (Lipinski definition) is 4. The number of benzene rings is 2. The molecule has 6 amide bonds. The molecule has 4 N–H and O–H groups in total. The van der Waals surface area contributed by atoms with E-state index >= 15 is 0 Å². The Morgan fingerprint density at radius 1 is 0.941 bits per heavy atom. The van der Waals surface area contributed by atoms with Crippen molar-refractivity contribution in [2.75, 3.05) is 17.2 Å². The van der Waals surface area contributed by atoms with E-state index in [4.69, 9.17) is 0 Å². The Morgan fingerprint density at radius 2 is 1.56 bits per heavy atom. The molecule has 0 bridgehead atoms. The fourth-order valence-electron chi connectivity index (χ4n) is 4.50. The van der Waals surface area contributed by atoms with Crippen molar-refractivity contribution in [3.63, 3.8) is 0 Å². The van der Waals surface area contributed by atoms with E-state index in [2.05, 4.69) is 21.3 Å². The fourth-order valence-corrected chi connectivity index (χ4v) is 4.50. The van der Waals surface area contributed by atoms with E-state index in [1.54, 1.807) is 36.4 Å². The molecule has 1 heterocycles. The zero-order valence-electron chi connectivity index (χ0n) is 19.1. The smallest absolute Gasteiger partial charge is 0.325 e. The summed E-state index contributed by atoms with van der Waals surface area (Å²) in [6, 6.07) is 15.0. The van der Waals surface area contributed by atoms with Crippen LogP contribution in [0.15, 0.2) is 54.6 Å². The molecule has 178 valence electrons. The van der Waals surface area contributed by atoms with E-state index in [-0.39, 0.29) is 24.5 Å². The van der Waals surface area contributed by atoms with Crippen molar-refractivity contribution in [2.45, 2.75) is 50.6 Å². The highest BCUT2D eigenvalue weighted by molar-refractivity contribution is 6.09. The summed E-state index contributed by atoms with van der Waals surface area (Å²) in [4.78, 5) is 50.9. The van der Waals surface area contributed by atoms with Gasteiger partial charge >= 0.3 is 12.1 Å². The minimum atomic E-state index is -0.836. The summed E-state index contributed by atoms with van der Waals surface area (Å²) in [7, 11) is 0. The zero-order chi connectivity index (χ0) is 24.1. The van der Waals surface area contributed by atoms with Gasteiger partial charge in [-0.05, 0) is 49.6 Å². The predicted octanol–water partition coefficient (Wildman–Crippen LogP) is 3.76. The van der Waals surface area contributed by atoms with Crippen LogP contribution in [0.3, 0.4) is 0 Å². The van der Waals surface area contributed by atoms with Gasteiger partial charge in [-0.15, -0.1) is 0 Å². The molecule has 1 spiro atoms. The highest BCUT2D eigenvalue weighted by Gasteiger charge is 2.51. The number of imide groups is 1. The largest absolute Gasteiger partial charge is 0.348 e. The summed E-state index contributed by atoms with van der Waals surface area (Å²) < 4.78 is 0. The molecule has 0 aromatic heterocycles. The first kappa shape index (κ1) is 23.3. The molecule has 9 nitrogen and oxygen atoms in total. The molecule has 2 fully saturated rings. The van der Waals surface area contributed by atoms with Gasteiger partial charge in [0.1, 0.15) is 12.1 Å². The van der Waals surface area contributed by atoms with E-state index in [1.807, 2.05) is 25.1 Å². The second kappa shape index (κ2) is 9.94. The SMILES string of the molecule is CC(NC(=O)CN1C(=O)NC2(CCCCC2)C1=O)c1ccc(NC(=O)Nc2ccccc2)cc1. The van der Waals surface area contributed by atoms with Crippen molar-refractivity contribution < 1.29 is 19.2 Å². The van der Waals surface area contributed by atoms with Gasteiger partial charge in [0.15, 0.2) is 0 Å². The van der Waals surface area contributed by atoms with Crippen molar-refractivity contribution in [3.05, 3.63) is 60.2 Å². The number of amides is 6. The Bertz CT molecular complexity index is 1060. The summed E-state index contributed by atoms with van der Waals surface area (Å²) >= 11 is 0. The lowest BCUT2D eigenvalue weighted by Gasteiger charge is -2.30. The fraction of sp³-hybridized carbons (Fsp3) is 0.360. The molecule has 2 aliphatic rings. The third-order valence-corrected chi connectivity index (χ3v) is 6.33. The number of rotatable bonds is 6. The van der Waals surface area contributed by atoms with Crippen LogP contribution in [0.1, 0.15) is 50.6 Å².